The van der Waals surface area contributed by atoms with Gasteiger partial charge in [-0.25, -0.2) is 9.67 Å². The van der Waals surface area contributed by atoms with Crippen molar-refractivity contribution in [3.05, 3.63) is 102 Å². The highest BCUT2D eigenvalue weighted by atomic mass is 16.5. The lowest BCUT2D eigenvalue weighted by atomic mass is 9.97. The minimum atomic E-state index is -0.755. The molecule has 0 radical (unpaired) electrons. The van der Waals surface area contributed by atoms with Gasteiger partial charge in [-0.05, 0) is 48.6 Å². The van der Waals surface area contributed by atoms with Gasteiger partial charge in [0.2, 0.25) is 11.8 Å². The van der Waals surface area contributed by atoms with E-state index < -0.39 is 11.9 Å². The maximum Gasteiger partial charge on any atom is 0.243 e. The van der Waals surface area contributed by atoms with Gasteiger partial charge in [-0.1, -0.05) is 54.7 Å². The number of carbonyl (C=O) groups excluding carboxylic acids is 2. The predicted octanol–water partition coefficient (Wildman–Crippen LogP) is 3.24. The zero-order valence-corrected chi connectivity index (χ0v) is 23.4. The Hall–Kier alpha value is -4.77. The van der Waals surface area contributed by atoms with Gasteiger partial charge < -0.3 is 20.1 Å². The number of amides is 2. The van der Waals surface area contributed by atoms with E-state index >= 15 is 0 Å². The molecule has 0 fully saturated rings. The van der Waals surface area contributed by atoms with Crippen LogP contribution in [0.5, 0.6) is 0 Å². The third-order valence-corrected chi connectivity index (χ3v) is 6.19. The molecule has 1 heterocycles. The van der Waals surface area contributed by atoms with Gasteiger partial charge in [0.05, 0.1) is 19.2 Å². The summed E-state index contributed by atoms with van der Waals surface area (Å²) in [6, 6.07) is 6.85. The number of carbonyl (C=O) groups is 2. The Bertz CT molecular complexity index is 1330. The SMILES string of the molecule is C=C/C(=C\C=C(/COC)OC)CC(=O)NC(=N)N[C@H](CC1=CC=CCC1)C(=O)NCc1cccc(-n2cncn2)c1. The van der Waals surface area contributed by atoms with Crippen molar-refractivity contribution in [3.63, 3.8) is 0 Å². The number of nitrogens with one attached hydrogen (secondary N) is 4. The third-order valence-electron chi connectivity index (χ3n) is 6.19. The maximum atomic E-state index is 13.3. The molecule has 11 nitrogen and oxygen atoms in total. The van der Waals surface area contributed by atoms with Crippen LogP contribution in [0, 0.1) is 5.41 Å². The molecule has 1 aliphatic carbocycles. The molecule has 3 rings (SSSR count). The van der Waals surface area contributed by atoms with Crippen LogP contribution in [0.2, 0.25) is 0 Å². The minimum absolute atomic E-state index is 0.0110. The fraction of sp³-hybridized carbons (Fsp3) is 0.300. The van der Waals surface area contributed by atoms with Gasteiger partial charge in [0.1, 0.15) is 31.1 Å². The summed E-state index contributed by atoms with van der Waals surface area (Å²) in [5.74, 6) is -0.372. The Morgan fingerprint density at radius 2 is 2.12 bits per heavy atom. The number of methoxy groups -OCH3 is 2. The third kappa shape index (κ3) is 10.4. The van der Waals surface area contributed by atoms with Crippen molar-refractivity contribution >= 4 is 17.8 Å². The number of benzene rings is 1. The molecule has 1 atom stereocenters. The van der Waals surface area contributed by atoms with Gasteiger partial charge in [0.15, 0.2) is 5.96 Å². The summed E-state index contributed by atoms with van der Waals surface area (Å²) in [6.07, 6.45) is 16.2. The average molecular weight is 560 g/mol. The average Bonchev–Trinajstić information content (AvgIpc) is 3.53. The fourth-order valence-electron chi connectivity index (χ4n) is 4.05. The number of nitrogens with zero attached hydrogens (tertiary/aromatic N) is 3. The lowest BCUT2D eigenvalue weighted by Crippen LogP contribution is -2.51. The van der Waals surface area contributed by atoms with Crippen LogP contribution in [0.15, 0.2) is 96.9 Å². The highest BCUT2D eigenvalue weighted by Gasteiger charge is 2.22. The summed E-state index contributed by atoms with van der Waals surface area (Å²) >= 11 is 0. The van der Waals surface area contributed by atoms with Crippen molar-refractivity contribution in [1.29, 1.82) is 5.41 Å². The number of aromatic nitrogens is 3. The van der Waals surface area contributed by atoms with Gasteiger partial charge in [-0.3, -0.25) is 20.3 Å². The second-order valence-corrected chi connectivity index (χ2v) is 9.24. The first-order valence-corrected chi connectivity index (χ1v) is 13.2. The molecule has 0 bridgehead atoms. The number of ether oxygens (including phenoxy) is 2. The second-order valence-electron chi connectivity index (χ2n) is 9.24. The first-order chi connectivity index (χ1) is 19.9. The molecule has 4 N–H and O–H groups in total. The molecular weight excluding hydrogens is 522 g/mol. The summed E-state index contributed by atoms with van der Waals surface area (Å²) in [5.41, 5.74) is 3.42. The van der Waals surface area contributed by atoms with Crippen LogP contribution in [0.4, 0.5) is 0 Å². The van der Waals surface area contributed by atoms with Crippen molar-refractivity contribution in [1.82, 2.24) is 30.7 Å². The van der Waals surface area contributed by atoms with Crippen LogP contribution in [0.25, 0.3) is 5.69 Å². The number of hydrogen-bond acceptors (Lipinski definition) is 7. The summed E-state index contributed by atoms with van der Waals surface area (Å²) in [4.78, 5) is 29.9. The molecular formula is C30H37N7O4. The van der Waals surface area contributed by atoms with Crippen LogP contribution < -0.4 is 16.0 Å². The van der Waals surface area contributed by atoms with Gasteiger partial charge in [0, 0.05) is 13.7 Å². The molecule has 0 spiro atoms. The largest absolute Gasteiger partial charge is 0.499 e. The van der Waals surface area contributed by atoms with Gasteiger partial charge in [-0.15, -0.1) is 0 Å². The van der Waals surface area contributed by atoms with Crippen molar-refractivity contribution in [2.24, 2.45) is 0 Å². The Morgan fingerprint density at radius 1 is 1.27 bits per heavy atom. The Morgan fingerprint density at radius 3 is 2.80 bits per heavy atom. The highest BCUT2D eigenvalue weighted by molar-refractivity contribution is 5.98. The topological polar surface area (TPSA) is 143 Å². The van der Waals surface area contributed by atoms with E-state index in [2.05, 4.69) is 38.7 Å². The summed E-state index contributed by atoms with van der Waals surface area (Å²) in [5, 5.41) is 20.9. The molecule has 0 saturated heterocycles. The summed E-state index contributed by atoms with van der Waals surface area (Å²) < 4.78 is 11.9. The maximum absolute atomic E-state index is 13.3. The molecule has 1 aliphatic rings. The van der Waals surface area contributed by atoms with E-state index in [0.717, 1.165) is 29.7 Å². The van der Waals surface area contributed by atoms with E-state index in [1.165, 1.54) is 13.4 Å². The number of hydrogen-bond donors (Lipinski definition) is 4. The standard InChI is InChI=1S/C30H37N7O4/c1-4-22(13-14-26(41-3)19-40-2)17-28(38)36-30(31)35-27(16-23-9-6-5-7-10-23)29(39)33-18-24-11-8-12-25(15-24)37-21-32-20-34-37/h4-6,8-9,11-15,20-21,27H,1,7,10,16-19H2,2-3H3,(H,33,39)(H3,31,35,36,38)/b22-13+,26-14+/t27-/m1/s1. The zero-order chi connectivity index (χ0) is 29.5. The number of rotatable bonds is 14. The highest BCUT2D eigenvalue weighted by Crippen LogP contribution is 2.18. The molecule has 41 heavy (non-hydrogen) atoms. The van der Waals surface area contributed by atoms with Crippen LogP contribution in [0.1, 0.15) is 31.2 Å². The number of guanidine groups is 1. The molecule has 0 unspecified atom stereocenters. The zero-order valence-electron chi connectivity index (χ0n) is 23.4. The van der Waals surface area contributed by atoms with E-state index in [1.807, 2.05) is 36.4 Å². The first kappa shape index (κ1) is 30.8. The molecule has 1 aromatic heterocycles. The molecule has 0 saturated carbocycles. The smallest absolute Gasteiger partial charge is 0.243 e. The van der Waals surface area contributed by atoms with Gasteiger partial charge in [0.25, 0.3) is 0 Å². The van der Waals surface area contributed by atoms with Crippen LogP contribution in [-0.2, 0) is 25.6 Å². The monoisotopic (exact) mass is 559 g/mol. The molecule has 1 aromatic carbocycles. The van der Waals surface area contributed by atoms with E-state index in [4.69, 9.17) is 14.9 Å². The molecule has 216 valence electrons. The van der Waals surface area contributed by atoms with Crippen molar-refractivity contribution in [3.8, 4) is 5.69 Å². The fourth-order valence-corrected chi connectivity index (χ4v) is 4.05. The van der Waals surface area contributed by atoms with E-state index in [0.29, 0.717) is 24.4 Å². The Labute approximate surface area is 240 Å². The normalized spacial score (nSPS) is 14.0. The quantitative estimate of drug-likeness (QED) is 0.120. The summed E-state index contributed by atoms with van der Waals surface area (Å²) in [7, 11) is 3.10. The lowest BCUT2D eigenvalue weighted by molar-refractivity contribution is -0.123. The predicted molar refractivity (Wildman–Crippen MR) is 157 cm³/mol. The Balaban J connectivity index is 1.62. The Kier molecular flexibility index (Phi) is 12.3. The van der Waals surface area contributed by atoms with Crippen LogP contribution >= 0.6 is 0 Å². The van der Waals surface area contributed by atoms with Crippen molar-refractivity contribution < 1.29 is 19.1 Å². The molecule has 2 aromatic rings. The minimum Gasteiger partial charge on any atom is -0.499 e. The van der Waals surface area contributed by atoms with Crippen molar-refractivity contribution in [2.75, 3.05) is 20.8 Å². The van der Waals surface area contributed by atoms with Gasteiger partial charge >= 0.3 is 0 Å². The van der Waals surface area contributed by atoms with E-state index in [-0.39, 0.29) is 24.8 Å². The lowest BCUT2D eigenvalue weighted by Gasteiger charge is -2.22. The molecule has 2 amide bonds. The molecule has 0 aliphatic heterocycles. The van der Waals surface area contributed by atoms with Gasteiger partial charge in [-0.2, -0.15) is 5.10 Å². The van der Waals surface area contributed by atoms with E-state index in [1.54, 1.807) is 36.3 Å². The first-order valence-electron chi connectivity index (χ1n) is 13.2. The molecule has 11 heteroatoms. The van der Waals surface area contributed by atoms with E-state index in [9.17, 15) is 9.59 Å². The summed E-state index contributed by atoms with van der Waals surface area (Å²) in [6.45, 7) is 4.33. The number of allylic oxidation sites excluding steroid dienone is 6. The van der Waals surface area contributed by atoms with Crippen LogP contribution in [-0.4, -0.2) is 59.4 Å². The van der Waals surface area contributed by atoms with Crippen LogP contribution in [0.3, 0.4) is 0 Å². The van der Waals surface area contributed by atoms with Crippen molar-refractivity contribution in [2.45, 2.75) is 38.3 Å². The second kappa shape index (κ2) is 16.4.